The monoisotopic (exact) mass is 589 g/mol. The van der Waals surface area contributed by atoms with Crippen molar-refractivity contribution < 1.29 is 17.9 Å². The van der Waals surface area contributed by atoms with Gasteiger partial charge in [-0.3, -0.25) is 14.2 Å². The minimum Gasteiger partial charge on any atom is -0.456 e. The number of rotatable bonds is 9. The van der Waals surface area contributed by atoms with Gasteiger partial charge in [0, 0.05) is 18.1 Å². The Balaban J connectivity index is 1.32. The maximum atomic E-state index is 13.3. The number of thiazole rings is 1. The molecule has 0 fully saturated rings. The molecule has 5 aromatic rings. The zero-order valence-electron chi connectivity index (χ0n) is 22.5. The number of ether oxygens (including phenoxy) is 1. The summed E-state index contributed by atoms with van der Waals surface area (Å²) in [6.45, 7) is 3.25. The van der Waals surface area contributed by atoms with E-state index in [-0.39, 0.29) is 22.8 Å². The van der Waals surface area contributed by atoms with Gasteiger partial charge < -0.3 is 10.1 Å². The van der Waals surface area contributed by atoms with E-state index >= 15 is 0 Å². The van der Waals surface area contributed by atoms with Crippen LogP contribution in [0, 0.1) is 13.8 Å². The molecule has 0 radical (unpaired) electrons. The van der Waals surface area contributed by atoms with Crippen LogP contribution in [0.15, 0.2) is 93.9 Å². The first-order chi connectivity index (χ1) is 19.6. The number of esters is 1. The molecular formula is C29H27N5O5S2. The van der Waals surface area contributed by atoms with Gasteiger partial charge in [-0.1, -0.05) is 42.5 Å². The number of sulfonamides is 1. The second kappa shape index (κ2) is 11.4. The van der Waals surface area contributed by atoms with Crippen LogP contribution in [0.3, 0.4) is 0 Å². The molecule has 0 bridgehead atoms. The second-order valence-electron chi connectivity index (χ2n) is 9.23. The van der Waals surface area contributed by atoms with Crippen LogP contribution in [0.25, 0.3) is 5.69 Å². The summed E-state index contributed by atoms with van der Waals surface area (Å²) in [6, 6.07) is 22.6. The molecule has 41 heavy (non-hydrogen) atoms. The summed E-state index contributed by atoms with van der Waals surface area (Å²) in [5.41, 5.74) is 2.51. The summed E-state index contributed by atoms with van der Waals surface area (Å²) in [7, 11) is -2.54. The number of hydrogen-bond acceptors (Lipinski definition) is 8. The number of carbonyl (C=O) groups excluding carboxylic acids is 1. The Morgan fingerprint density at radius 3 is 2.39 bits per heavy atom. The number of hydrogen-bond donors (Lipinski definition) is 2. The standard InChI is InChI=1S/C29H27N5O5S2/c1-19-14-15-24(41(37,38)32-26-20(2)33(3)34(27(26)35)23-12-8-5-9-13-23)16-25(19)28(36)39-17-22-18-40-29(31-22)30-21-10-6-4-7-11-21/h4-16,18,32H,17H2,1-3H3,(H,30,31). The first-order valence-electron chi connectivity index (χ1n) is 12.5. The van der Waals surface area contributed by atoms with E-state index in [1.165, 1.54) is 34.2 Å². The quantitative estimate of drug-likeness (QED) is 0.228. The van der Waals surface area contributed by atoms with Gasteiger partial charge in [-0.15, -0.1) is 11.3 Å². The number of nitrogens with one attached hydrogen (secondary N) is 2. The topological polar surface area (TPSA) is 124 Å². The maximum Gasteiger partial charge on any atom is 0.338 e. The number of para-hydroxylation sites is 2. The van der Waals surface area contributed by atoms with E-state index in [4.69, 9.17) is 4.74 Å². The van der Waals surface area contributed by atoms with Crippen molar-refractivity contribution >= 4 is 43.8 Å². The molecule has 0 aliphatic carbocycles. The lowest BCUT2D eigenvalue weighted by molar-refractivity contribution is 0.0467. The van der Waals surface area contributed by atoms with Gasteiger partial charge in [0.15, 0.2) is 5.13 Å². The molecule has 0 saturated heterocycles. The lowest BCUT2D eigenvalue weighted by Crippen LogP contribution is -2.23. The third-order valence-electron chi connectivity index (χ3n) is 6.46. The van der Waals surface area contributed by atoms with Gasteiger partial charge in [0.2, 0.25) is 0 Å². The number of anilines is 3. The molecule has 3 aromatic carbocycles. The molecule has 5 rings (SSSR count). The van der Waals surface area contributed by atoms with Crippen LogP contribution in [0.4, 0.5) is 16.5 Å². The number of aryl methyl sites for hydroxylation is 1. The van der Waals surface area contributed by atoms with Gasteiger partial charge in [0.25, 0.3) is 15.6 Å². The summed E-state index contributed by atoms with van der Waals surface area (Å²) in [5, 5.41) is 5.62. The zero-order valence-corrected chi connectivity index (χ0v) is 24.1. The summed E-state index contributed by atoms with van der Waals surface area (Å²) in [4.78, 5) is 30.4. The Labute approximate surface area is 240 Å². The van der Waals surface area contributed by atoms with E-state index in [1.807, 2.05) is 36.4 Å². The Hall–Kier alpha value is -4.68. The third kappa shape index (κ3) is 5.93. The first-order valence-corrected chi connectivity index (χ1v) is 14.9. The van der Waals surface area contributed by atoms with E-state index in [2.05, 4.69) is 15.0 Å². The van der Waals surface area contributed by atoms with Crippen molar-refractivity contribution in [2.75, 3.05) is 10.0 Å². The fraction of sp³-hybridized carbons (Fsp3) is 0.138. The average molecular weight is 590 g/mol. The molecule has 0 aliphatic rings. The van der Waals surface area contributed by atoms with Crippen LogP contribution in [0.1, 0.15) is 27.3 Å². The number of benzene rings is 3. The summed E-state index contributed by atoms with van der Waals surface area (Å²) >= 11 is 1.38. The average Bonchev–Trinajstić information content (AvgIpc) is 3.50. The van der Waals surface area contributed by atoms with Crippen LogP contribution in [0.2, 0.25) is 0 Å². The summed E-state index contributed by atoms with van der Waals surface area (Å²) in [6.07, 6.45) is 0. The minimum absolute atomic E-state index is 0.0792. The maximum absolute atomic E-state index is 13.3. The highest BCUT2D eigenvalue weighted by Crippen LogP contribution is 2.24. The molecule has 0 atom stereocenters. The van der Waals surface area contributed by atoms with Crippen LogP contribution in [0.5, 0.6) is 0 Å². The van der Waals surface area contributed by atoms with Crippen LogP contribution in [-0.4, -0.2) is 28.7 Å². The van der Waals surface area contributed by atoms with Gasteiger partial charge in [-0.2, -0.15) is 0 Å². The first kappa shape index (κ1) is 27.9. The van der Waals surface area contributed by atoms with Crippen molar-refractivity contribution in [3.05, 3.63) is 117 Å². The van der Waals surface area contributed by atoms with E-state index in [0.29, 0.717) is 27.8 Å². The van der Waals surface area contributed by atoms with E-state index in [1.54, 1.807) is 55.2 Å². The van der Waals surface area contributed by atoms with Gasteiger partial charge in [-0.25, -0.2) is 22.9 Å². The minimum atomic E-state index is -4.21. The number of carbonyl (C=O) groups is 1. The van der Waals surface area contributed by atoms with Crippen molar-refractivity contribution in [2.45, 2.75) is 25.3 Å². The van der Waals surface area contributed by atoms with E-state index in [9.17, 15) is 18.0 Å². The van der Waals surface area contributed by atoms with Gasteiger partial charge in [0.05, 0.1) is 27.5 Å². The predicted molar refractivity (Wildman–Crippen MR) is 159 cm³/mol. The highest BCUT2D eigenvalue weighted by molar-refractivity contribution is 7.92. The molecule has 0 unspecified atom stereocenters. The molecule has 0 amide bonds. The van der Waals surface area contributed by atoms with Gasteiger partial charge in [-0.05, 0) is 55.8 Å². The molecule has 0 aliphatic heterocycles. The van der Waals surface area contributed by atoms with Crippen molar-refractivity contribution in [2.24, 2.45) is 7.05 Å². The van der Waals surface area contributed by atoms with E-state index in [0.717, 1.165) is 5.69 Å². The molecule has 10 nitrogen and oxygen atoms in total. The van der Waals surface area contributed by atoms with Crippen LogP contribution >= 0.6 is 11.3 Å². The Morgan fingerprint density at radius 1 is 1.00 bits per heavy atom. The molecule has 2 aromatic heterocycles. The zero-order chi connectivity index (χ0) is 29.1. The molecule has 0 spiro atoms. The summed E-state index contributed by atoms with van der Waals surface area (Å²) in [5.74, 6) is -0.688. The molecule has 210 valence electrons. The second-order valence-corrected chi connectivity index (χ2v) is 11.8. The molecular weight excluding hydrogens is 562 g/mol. The Kier molecular flexibility index (Phi) is 7.77. The molecule has 2 heterocycles. The summed E-state index contributed by atoms with van der Waals surface area (Å²) < 4.78 is 37.5. The van der Waals surface area contributed by atoms with Crippen molar-refractivity contribution in [3.8, 4) is 5.69 Å². The lowest BCUT2D eigenvalue weighted by Gasteiger charge is -2.11. The lowest BCUT2D eigenvalue weighted by atomic mass is 10.1. The van der Waals surface area contributed by atoms with Gasteiger partial charge in [0.1, 0.15) is 12.3 Å². The smallest absolute Gasteiger partial charge is 0.338 e. The van der Waals surface area contributed by atoms with Crippen LogP contribution < -0.4 is 15.6 Å². The predicted octanol–water partition coefficient (Wildman–Crippen LogP) is 5.15. The fourth-order valence-electron chi connectivity index (χ4n) is 4.16. The highest BCUT2D eigenvalue weighted by Gasteiger charge is 2.24. The van der Waals surface area contributed by atoms with Gasteiger partial charge >= 0.3 is 5.97 Å². The van der Waals surface area contributed by atoms with Crippen molar-refractivity contribution in [1.82, 2.24) is 14.3 Å². The van der Waals surface area contributed by atoms with Crippen LogP contribution in [-0.2, 0) is 28.4 Å². The fourth-order valence-corrected chi connectivity index (χ4v) is 6.02. The van der Waals surface area contributed by atoms with Crippen molar-refractivity contribution in [1.29, 1.82) is 0 Å². The number of aromatic nitrogens is 3. The largest absolute Gasteiger partial charge is 0.456 e. The molecule has 12 heteroatoms. The van der Waals surface area contributed by atoms with E-state index < -0.39 is 21.6 Å². The Morgan fingerprint density at radius 2 is 1.68 bits per heavy atom. The molecule has 2 N–H and O–H groups in total. The third-order valence-corrected chi connectivity index (χ3v) is 8.61. The number of nitrogens with zero attached hydrogens (tertiary/aromatic N) is 3. The molecule has 0 saturated carbocycles. The highest BCUT2D eigenvalue weighted by atomic mass is 32.2. The SMILES string of the molecule is Cc1ccc(S(=O)(=O)Nc2c(C)n(C)n(-c3ccccc3)c2=O)cc1C(=O)OCc1csc(Nc2ccccc2)n1. The Bertz CT molecular complexity index is 1880. The normalized spacial score (nSPS) is 11.3. The van der Waals surface area contributed by atoms with Crippen molar-refractivity contribution in [3.63, 3.8) is 0 Å².